The molecule has 1 aromatic carbocycles. The van der Waals surface area contributed by atoms with Crippen molar-refractivity contribution in [2.75, 3.05) is 13.7 Å². The number of nitrogens with zero attached hydrogens (tertiary/aromatic N) is 1. The van der Waals surface area contributed by atoms with E-state index in [0.717, 1.165) is 22.6 Å². The molecule has 1 saturated heterocycles. The molecular weight excluding hydrogens is 502 g/mol. The van der Waals surface area contributed by atoms with E-state index in [2.05, 4.69) is 10.1 Å². The normalized spacial score (nSPS) is 22.4. The number of carbonyl (C=O) groups is 1. The van der Waals surface area contributed by atoms with E-state index in [-0.39, 0.29) is 12.8 Å². The quantitative estimate of drug-likeness (QED) is 0.192. The fourth-order valence-electron chi connectivity index (χ4n) is 3.96. The number of methoxy groups -OCH3 is 1. The largest absolute Gasteiger partial charge is 0.468 e. The van der Waals surface area contributed by atoms with Gasteiger partial charge in [0, 0.05) is 29.9 Å². The first-order chi connectivity index (χ1) is 17.1. The Morgan fingerprint density at radius 1 is 1.39 bits per heavy atom. The fraction of sp³-hybridized carbons (Fsp3) is 0.381. The number of hydrogen-bond donors (Lipinski definition) is 5. The molecule has 0 bridgehead atoms. The first-order valence-electron chi connectivity index (χ1n) is 10.8. The molecule has 3 heterocycles. The summed E-state index contributed by atoms with van der Waals surface area (Å²) in [6.07, 6.45) is -1.39. The molecule has 0 saturated carbocycles. The Morgan fingerprint density at radius 2 is 2.14 bits per heavy atom. The van der Waals surface area contributed by atoms with E-state index < -0.39 is 61.9 Å². The Labute approximate surface area is 202 Å². The van der Waals surface area contributed by atoms with Gasteiger partial charge in [-0.3, -0.25) is 23.7 Å². The van der Waals surface area contributed by atoms with Crippen LogP contribution in [0.3, 0.4) is 0 Å². The zero-order valence-electron chi connectivity index (χ0n) is 18.9. The van der Waals surface area contributed by atoms with Crippen LogP contribution in [0.1, 0.15) is 18.2 Å². The Kier molecular flexibility index (Phi) is 7.54. The second kappa shape index (κ2) is 10.5. The maximum atomic E-state index is 13.6. The van der Waals surface area contributed by atoms with Crippen LogP contribution in [0, 0.1) is 5.82 Å². The molecule has 5 atom stereocenters. The van der Waals surface area contributed by atoms with Crippen molar-refractivity contribution in [2.45, 2.75) is 37.3 Å². The van der Waals surface area contributed by atoms with Gasteiger partial charge in [-0.1, -0.05) is 18.2 Å². The van der Waals surface area contributed by atoms with Crippen molar-refractivity contribution in [1.82, 2.24) is 19.6 Å². The molecular formula is C21H24FN4O9P. The summed E-state index contributed by atoms with van der Waals surface area (Å²) in [7, 11) is -3.48. The van der Waals surface area contributed by atoms with Crippen LogP contribution in [-0.2, 0) is 29.8 Å². The van der Waals surface area contributed by atoms with Gasteiger partial charge in [0.2, 0.25) is 5.82 Å². The number of hydrogen-bond acceptors (Lipinski definition) is 8. The summed E-state index contributed by atoms with van der Waals surface area (Å²) in [6, 6.07) is 6.09. The minimum absolute atomic E-state index is 0.00984. The molecule has 13 nitrogen and oxygen atoms in total. The molecule has 1 aliphatic heterocycles. The molecule has 0 radical (unpaired) electrons. The van der Waals surface area contributed by atoms with Gasteiger partial charge in [0.15, 0.2) is 0 Å². The molecule has 15 heteroatoms. The smallest absolute Gasteiger partial charge is 0.403 e. The molecule has 2 aromatic heterocycles. The average molecular weight is 526 g/mol. The number of aromatic amines is 2. The molecule has 0 amide bonds. The number of aromatic nitrogens is 3. The van der Waals surface area contributed by atoms with Crippen LogP contribution >= 0.6 is 7.75 Å². The van der Waals surface area contributed by atoms with Crippen molar-refractivity contribution >= 4 is 24.6 Å². The van der Waals surface area contributed by atoms with Crippen molar-refractivity contribution < 1.29 is 37.7 Å². The van der Waals surface area contributed by atoms with E-state index >= 15 is 0 Å². The summed E-state index contributed by atoms with van der Waals surface area (Å²) in [5.41, 5.74) is -0.630. The van der Waals surface area contributed by atoms with Crippen LogP contribution in [0.15, 0.2) is 46.2 Å². The van der Waals surface area contributed by atoms with Crippen LogP contribution in [0.4, 0.5) is 4.39 Å². The SMILES string of the molecule is COC(=O)C(Cc1c[nH]c2ccccc12)NP(=O)(O)OC[C@@H]1O[C@H](n2cc(F)c(=O)[nH]c2=O)C[C@H]1O. The summed E-state index contributed by atoms with van der Waals surface area (Å²) < 4.78 is 42.3. The van der Waals surface area contributed by atoms with Gasteiger partial charge in [0.1, 0.15) is 18.4 Å². The van der Waals surface area contributed by atoms with Crippen molar-refractivity contribution in [3.05, 3.63) is 68.9 Å². The highest BCUT2D eigenvalue weighted by atomic mass is 31.2. The van der Waals surface area contributed by atoms with E-state index in [0.29, 0.717) is 11.8 Å². The van der Waals surface area contributed by atoms with E-state index in [1.807, 2.05) is 24.3 Å². The molecule has 36 heavy (non-hydrogen) atoms. The van der Waals surface area contributed by atoms with Crippen LogP contribution in [0.2, 0.25) is 0 Å². The number of aliphatic hydroxyl groups excluding tert-OH is 1. The maximum Gasteiger partial charge on any atom is 0.403 e. The zero-order valence-corrected chi connectivity index (χ0v) is 19.8. The molecule has 0 aliphatic carbocycles. The first kappa shape index (κ1) is 25.9. The number of H-pyrrole nitrogens is 2. The predicted molar refractivity (Wildman–Crippen MR) is 123 cm³/mol. The Balaban J connectivity index is 1.41. The van der Waals surface area contributed by atoms with E-state index in [4.69, 9.17) is 14.0 Å². The number of rotatable bonds is 9. The topological polar surface area (TPSA) is 185 Å². The number of aliphatic hydroxyl groups is 1. The van der Waals surface area contributed by atoms with Gasteiger partial charge in [0.25, 0.3) is 5.56 Å². The van der Waals surface area contributed by atoms with Crippen LogP contribution in [-0.4, -0.2) is 62.5 Å². The number of fused-ring (bicyclic) bond motifs is 1. The molecule has 194 valence electrons. The number of esters is 1. The third-order valence-corrected chi connectivity index (χ3v) is 6.89. The summed E-state index contributed by atoms with van der Waals surface area (Å²) in [6.45, 7) is -0.597. The minimum Gasteiger partial charge on any atom is -0.468 e. The Bertz CT molecular complexity index is 1420. The maximum absolute atomic E-state index is 13.6. The molecule has 5 N–H and O–H groups in total. The second-order valence-corrected chi connectivity index (χ2v) is 9.72. The number of ether oxygens (including phenoxy) is 2. The molecule has 1 fully saturated rings. The third-order valence-electron chi connectivity index (χ3n) is 5.76. The fourth-order valence-corrected chi connectivity index (χ4v) is 4.98. The predicted octanol–water partition coefficient (Wildman–Crippen LogP) is 0.296. The lowest BCUT2D eigenvalue weighted by Crippen LogP contribution is -2.38. The van der Waals surface area contributed by atoms with Crippen LogP contribution in [0.5, 0.6) is 0 Å². The van der Waals surface area contributed by atoms with Gasteiger partial charge < -0.3 is 24.5 Å². The summed E-state index contributed by atoms with van der Waals surface area (Å²) in [5.74, 6) is -2.02. The third kappa shape index (κ3) is 5.64. The van der Waals surface area contributed by atoms with Crippen molar-refractivity contribution in [2.24, 2.45) is 0 Å². The van der Waals surface area contributed by atoms with E-state index in [9.17, 15) is 33.3 Å². The van der Waals surface area contributed by atoms with Crippen molar-refractivity contribution in [1.29, 1.82) is 0 Å². The van der Waals surface area contributed by atoms with Gasteiger partial charge in [-0.15, -0.1) is 0 Å². The Hall–Kier alpha value is -3.13. The standard InChI is InChI=1S/C21H24FN4O9P/c1-33-20(29)15(6-11-8-23-14-5-3-2-4-12(11)14)25-36(31,32)34-10-17-16(27)7-18(35-17)26-9-13(22)19(28)24-21(26)30/h2-5,8-9,15-18,23,27H,6-7,10H2,1H3,(H,24,28,30)(H2,25,31,32)/t15?,16-,17+,18+/m1/s1. The van der Waals surface area contributed by atoms with Crippen molar-refractivity contribution in [3.63, 3.8) is 0 Å². The highest BCUT2D eigenvalue weighted by Gasteiger charge is 2.38. The average Bonchev–Trinajstić information content (AvgIpc) is 3.42. The zero-order chi connectivity index (χ0) is 26.0. The highest BCUT2D eigenvalue weighted by Crippen LogP contribution is 2.40. The van der Waals surface area contributed by atoms with Crippen molar-refractivity contribution in [3.8, 4) is 0 Å². The number of carbonyl (C=O) groups excluding carboxylic acids is 1. The molecule has 0 spiro atoms. The number of nitrogens with one attached hydrogen (secondary N) is 3. The van der Waals surface area contributed by atoms with E-state index in [1.165, 1.54) is 0 Å². The van der Waals surface area contributed by atoms with Gasteiger partial charge in [-0.2, -0.15) is 4.39 Å². The second-order valence-electron chi connectivity index (χ2n) is 8.16. The number of para-hydroxylation sites is 1. The summed E-state index contributed by atoms with van der Waals surface area (Å²) >= 11 is 0. The minimum atomic E-state index is -4.62. The molecule has 2 unspecified atom stereocenters. The lowest BCUT2D eigenvalue weighted by molar-refractivity contribution is -0.142. The lowest BCUT2D eigenvalue weighted by Gasteiger charge is -2.22. The van der Waals surface area contributed by atoms with Gasteiger partial charge in [-0.05, 0) is 11.6 Å². The van der Waals surface area contributed by atoms with Gasteiger partial charge >= 0.3 is 19.4 Å². The first-order valence-corrected chi connectivity index (χ1v) is 12.4. The number of halogens is 1. The highest BCUT2D eigenvalue weighted by molar-refractivity contribution is 7.50. The molecule has 3 aromatic rings. The Morgan fingerprint density at radius 3 is 2.89 bits per heavy atom. The number of benzene rings is 1. The van der Waals surface area contributed by atoms with Crippen LogP contribution < -0.4 is 16.3 Å². The molecule has 4 rings (SSSR count). The summed E-state index contributed by atoms with van der Waals surface area (Å²) in [5, 5.41) is 13.4. The monoisotopic (exact) mass is 526 g/mol. The molecule has 1 aliphatic rings. The van der Waals surface area contributed by atoms with Gasteiger partial charge in [-0.25, -0.2) is 14.4 Å². The summed E-state index contributed by atoms with van der Waals surface area (Å²) in [4.78, 5) is 50.6. The van der Waals surface area contributed by atoms with Crippen LogP contribution in [0.25, 0.3) is 10.9 Å². The van der Waals surface area contributed by atoms with Gasteiger partial charge in [0.05, 0.1) is 26.0 Å². The van der Waals surface area contributed by atoms with E-state index in [1.54, 1.807) is 11.2 Å². The lowest BCUT2D eigenvalue weighted by atomic mass is 10.1.